The molecule has 1 aromatic heterocycles. The van der Waals surface area contributed by atoms with E-state index in [-0.39, 0.29) is 25.3 Å². The molecule has 0 atom stereocenters. The highest BCUT2D eigenvalue weighted by Crippen LogP contribution is 1.98. The van der Waals surface area contributed by atoms with Gasteiger partial charge in [-0.3, -0.25) is 9.69 Å². The number of aliphatic hydroxyl groups excluding tert-OH is 1. The van der Waals surface area contributed by atoms with Crippen molar-refractivity contribution in [2.45, 2.75) is 13.0 Å². The topological polar surface area (TPSA) is 45.5 Å². The molecule has 96 valence electrons. The van der Waals surface area contributed by atoms with Crippen LogP contribution < -0.4 is 5.56 Å². The first-order chi connectivity index (χ1) is 8.13. The van der Waals surface area contributed by atoms with E-state index in [4.69, 9.17) is 5.11 Å². The lowest BCUT2D eigenvalue weighted by molar-refractivity contribution is 0.0764. The Morgan fingerprint density at radius 3 is 2.71 bits per heavy atom. The van der Waals surface area contributed by atoms with Gasteiger partial charge in [-0.2, -0.15) is 0 Å². The number of rotatable bonds is 7. The summed E-state index contributed by atoms with van der Waals surface area (Å²) in [6.45, 7) is 0.283. The van der Waals surface area contributed by atoms with Crippen molar-refractivity contribution in [3.63, 3.8) is 0 Å². The second-order valence-corrected chi connectivity index (χ2v) is 3.65. The van der Waals surface area contributed by atoms with E-state index in [0.717, 1.165) is 0 Å². The summed E-state index contributed by atoms with van der Waals surface area (Å²) in [6, 6.07) is 4.76. The van der Waals surface area contributed by atoms with Gasteiger partial charge >= 0.3 is 0 Å². The van der Waals surface area contributed by atoms with Gasteiger partial charge in [0, 0.05) is 31.9 Å². The Balaban J connectivity index is 2.51. The van der Waals surface area contributed by atoms with Gasteiger partial charge in [-0.05, 0) is 6.07 Å². The van der Waals surface area contributed by atoms with Gasteiger partial charge in [0.1, 0.15) is 0 Å². The van der Waals surface area contributed by atoms with Crippen LogP contribution in [0.3, 0.4) is 0 Å². The molecule has 0 bridgehead atoms. The minimum atomic E-state index is -2.44. The Kier molecular flexibility index (Phi) is 5.79. The van der Waals surface area contributed by atoms with E-state index in [1.807, 2.05) is 0 Å². The zero-order valence-corrected chi connectivity index (χ0v) is 9.43. The van der Waals surface area contributed by atoms with Crippen LogP contribution in [0.25, 0.3) is 0 Å². The minimum Gasteiger partial charge on any atom is -0.395 e. The van der Waals surface area contributed by atoms with Crippen LogP contribution in [0.4, 0.5) is 8.78 Å². The van der Waals surface area contributed by atoms with Crippen molar-refractivity contribution in [2.24, 2.45) is 0 Å². The van der Waals surface area contributed by atoms with Crippen molar-refractivity contribution in [3.05, 3.63) is 34.7 Å². The molecular formula is C11H16F2N2O2. The van der Waals surface area contributed by atoms with Gasteiger partial charge in [-0.15, -0.1) is 0 Å². The first-order valence-corrected chi connectivity index (χ1v) is 5.40. The molecule has 0 saturated heterocycles. The number of pyridine rings is 1. The summed E-state index contributed by atoms with van der Waals surface area (Å²) in [5.41, 5.74) is -0.159. The van der Waals surface area contributed by atoms with Gasteiger partial charge in [0.05, 0.1) is 13.2 Å². The SMILES string of the molecule is O=c1ccccn1CCN(CCO)CC(F)F. The number of aliphatic hydroxyl groups is 1. The van der Waals surface area contributed by atoms with Gasteiger partial charge in [-0.1, -0.05) is 6.07 Å². The molecule has 17 heavy (non-hydrogen) atoms. The Labute approximate surface area is 98.1 Å². The molecule has 0 aromatic carbocycles. The van der Waals surface area contributed by atoms with E-state index >= 15 is 0 Å². The van der Waals surface area contributed by atoms with E-state index in [1.54, 1.807) is 18.3 Å². The maximum atomic E-state index is 12.2. The van der Waals surface area contributed by atoms with E-state index < -0.39 is 6.43 Å². The number of alkyl halides is 2. The van der Waals surface area contributed by atoms with Gasteiger partial charge in [0.25, 0.3) is 12.0 Å². The normalized spacial score (nSPS) is 11.4. The molecule has 0 spiro atoms. The van der Waals surface area contributed by atoms with E-state index in [0.29, 0.717) is 13.1 Å². The van der Waals surface area contributed by atoms with Crippen molar-refractivity contribution in [1.29, 1.82) is 0 Å². The standard InChI is InChI=1S/C11H16F2N2O2/c12-10(13)9-14(7-8-16)5-6-15-4-2-1-3-11(15)17/h1-4,10,16H,5-9H2. The van der Waals surface area contributed by atoms with Crippen molar-refractivity contribution in [3.8, 4) is 0 Å². The van der Waals surface area contributed by atoms with Crippen LogP contribution in [0.15, 0.2) is 29.2 Å². The average molecular weight is 246 g/mol. The molecule has 1 heterocycles. The molecule has 1 N–H and O–H groups in total. The number of nitrogens with zero attached hydrogens (tertiary/aromatic N) is 2. The summed E-state index contributed by atoms with van der Waals surface area (Å²) in [5, 5.41) is 8.75. The molecule has 1 rings (SSSR count). The highest BCUT2D eigenvalue weighted by molar-refractivity contribution is 4.93. The lowest BCUT2D eigenvalue weighted by atomic mass is 10.4. The second kappa shape index (κ2) is 7.13. The maximum Gasteiger partial charge on any atom is 0.251 e. The van der Waals surface area contributed by atoms with Gasteiger partial charge in [0.15, 0.2) is 0 Å². The lowest BCUT2D eigenvalue weighted by Gasteiger charge is -2.20. The third-order valence-corrected chi connectivity index (χ3v) is 2.37. The molecule has 0 fully saturated rings. The van der Waals surface area contributed by atoms with Crippen LogP contribution in [0, 0.1) is 0 Å². The fourth-order valence-corrected chi connectivity index (χ4v) is 1.53. The van der Waals surface area contributed by atoms with E-state index in [1.165, 1.54) is 15.5 Å². The predicted molar refractivity (Wildman–Crippen MR) is 60.2 cm³/mol. The minimum absolute atomic E-state index is 0.159. The quantitative estimate of drug-likeness (QED) is 0.758. The fraction of sp³-hybridized carbons (Fsp3) is 0.545. The summed E-state index contributed by atoms with van der Waals surface area (Å²) in [4.78, 5) is 12.8. The summed E-state index contributed by atoms with van der Waals surface area (Å²) < 4.78 is 25.9. The molecule has 0 amide bonds. The van der Waals surface area contributed by atoms with E-state index in [9.17, 15) is 13.6 Å². The molecule has 0 aliphatic heterocycles. The smallest absolute Gasteiger partial charge is 0.251 e. The van der Waals surface area contributed by atoms with Crippen molar-refractivity contribution in [2.75, 3.05) is 26.2 Å². The molecule has 0 saturated carbocycles. The van der Waals surface area contributed by atoms with Crippen molar-refractivity contribution < 1.29 is 13.9 Å². The summed E-state index contributed by atoms with van der Waals surface area (Å²) in [7, 11) is 0. The Bertz CT molecular complexity index is 382. The van der Waals surface area contributed by atoms with Gasteiger partial charge in [0.2, 0.25) is 0 Å². The number of hydrogen-bond donors (Lipinski definition) is 1. The molecule has 1 aromatic rings. The molecule has 0 unspecified atom stereocenters. The highest BCUT2D eigenvalue weighted by atomic mass is 19.3. The molecule has 4 nitrogen and oxygen atoms in total. The number of aromatic nitrogens is 1. The van der Waals surface area contributed by atoms with Crippen LogP contribution in [0.1, 0.15) is 0 Å². The highest BCUT2D eigenvalue weighted by Gasteiger charge is 2.11. The van der Waals surface area contributed by atoms with Crippen LogP contribution in [0.5, 0.6) is 0 Å². The second-order valence-electron chi connectivity index (χ2n) is 3.65. The zero-order chi connectivity index (χ0) is 12.7. The summed E-state index contributed by atoms with van der Waals surface area (Å²) in [6.07, 6.45) is -0.823. The Morgan fingerprint density at radius 1 is 1.35 bits per heavy atom. The third kappa shape index (κ3) is 5.06. The maximum absolute atomic E-state index is 12.2. The molecule has 0 aliphatic rings. The molecule has 0 aliphatic carbocycles. The van der Waals surface area contributed by atoms with Crippen LogP contribution in [-0.2, 0) is 6.54 Å². The number of hydrogen-bond acceptors (Lipinski definition) is 3. The molecular weight excluding hydrogens is 230 g/mol. The third-order valence-electron chi connectivity index (χ3n) is 2.37. The summed E-state index contributed by atoms with van der Waals surface area (Å²) in [5.74, 6) is 0. The van der Waals surface area contributed by atoms with Crippen LogP contribution in [-0.4, -0.2) is 47.2 Å². The van der Waals surface area contributed by atoms with Crippen molar-refractivity contribution in [1.82, 2.24) is 9.47 Å². The monoisotopic (exact) mass is 246 g/mol. The Morgan fingerprint density at radius 2 is 2.12 bits per heavy atom. The van der Waals surface area contributed by atoms with Gasteiger partial charge in [-0.25, -0.2) is 8.78 Å². The van der Waals surface area contributed by atoms with E-state index in [2.05, 4.69) is 0 Å². The van der Waals surface area contributed by atoms with Crippen LogP contribution >= 0.6 is 0 Å². The lowest BCUT2D eigenvalue weighted by Crippen LogP contribution is -2.35. The summed E-state index contributed by atoms with van der Waals surface area (Å²) >= 11 is 0. The first-order valence-electron chi connectivity index (χ1n) is 5.40. The first kappa shape index (κ1) is 13.8. The largest absolute Gasteiger partial charge is 0.395 e. The zero-order valence-electron chi connectivity index (χ0n) is 9.43. The molecule has 6 heteroatoms. The van der Waals surface area contributed by atoms with Gasteiger partial charge < -0.3 is 9.67 Å². The Hall–Kier alpha value is -1.27. The predicted octanol–water partition coefficient (Wildman–Crippen LogP) is 0.408. The van der Waals surface area contributed by atoms with Crippen LogP contribution in [0.2, 0.25) is 0 Å². The number of halogens is 2. The fourth-order valence-electron chi connectivity index (χ4n) is 1.53. The molecule has 0 radical (unpaired) electrons. The average Bonchev–Trinajstić information content (AvgIpc) is 2.27. The van der Waals surface area contributed by atoms with Crippen molar-refractivity contribution >= 4 is 0 Å².